The summed E-state index contributed by atoms with van der Waals surface area (Å²) < 4.78 is 38.8. The molecule has 1 aromatic carbocycles. The van der Waals surface area contributed by atoms with Gasteiger partial charge in [-0.05, 0) is 18.2 Å². The number of piperazine rings is 1. The summed E-state index contributed by atoms with van der Waals surface area (Å²) in [5.41, 5.74) is 0.238. The maximum Gasteiger partial charge on any atom is 0.240 e. The average molecular weight is 311 g/mol. The van der Waals surface area contributed by atoms with Gasteiger partial charge in [-0.15, -0.1) is 12.4 Å². The second-order valence-corrected chi connectivity index (χ2v) is 4.63. The van der Waals surface area contributed by atoms with Crippen LogP contribution in [0, 0.1) is 5.82 Å². The SMILES string of the molecule is Cl.Oc1ccc(F)cc1[C@@H](CC(F)F)N1CCNCC1. The molecular formula is C13H18ClF3N2O. The van der Waals surface area contributed by atoms with Gasteiger partial charge in [0.25, 0.3) is 0 Å². The maximum atomic E-state index is 13.3. The second-order valence-electron chi connectivity index (χ2n) is 4.63. The van der Waals surface area contributed by atoms with Crippen molar-refractivity contribution in [2.24, 2.45) is 0 Å². The minimum atomic E-state index is -2.50. The predicted molar refractivity (Wildman–Crippen MR) is 73.1 cm³/mol. The number of nitrogens with one attached hydrogen (secondary N) is 1. The van der Waals surface area contributed by atoms with Crippen molar-refractivity contribution in [1.82, 2.24) is 10.2 Å². The van der Waals surface area contributed by atoms with E-state index in [4.69, 9.17) is 0 Å². The lowest BCUT2D eigenvalue weighted by Crippen LogP contribution is -2.45. The molecule has 0 aliphatic carbocycles. The van der Waals surface area contributed by atoms with Crippen LogP contribution in [-0.2, 0) is 0 Å². The molecule has 1 aromatic rings. The minimum Gasteiger partial charge on any atom is -0.508 e. The standard InChI is InChI=1S/C13H17F3N2O.ClH/c14-9-1-2-12(19)10(7-9)11(8-13(15)16)18-5-3-17-4-6-18;/h1-2,7,11,13,17,19H,3-6,8H2;1H/t11-;/m1./s1. The number of phenols is 1. The lowest BCUT2D eigenvalue weighted by molar-refractivity contribution is 0.0728. The van der Waals surface area contributed by atoms with Crippen molar-refractivity contribution in [2.75, 3.05) is 26.2 Å². The first-order valence-electron chi connectivity index (χ1n) is 6.29. The van der Waals surface area contributed by atoms with E-state index < -0.39 is 24.7 Å². The Bertz CT molecular complexity index is 428. The summed E-state index contributed by atoms with van der Waals surface area (Å²) in [7, 11) is 0. The van der Waals surface area contributed by atoms with Crippen LogP contribution in [0.15, 0.2) is 18.2 Å². The van der Waals surface area contributed by atoms with Gasteiger partial charge in [0.05, 0.1) is 0 Å². The first-order chi connectivity index (χ1) is 9.08. The molecule has 1 aliphatic rings. The van der Waals surface area contributed by atoms with E-state index in [1.807, 2.05) is 4.90 Å². The molecule has 114 valence electrons. The van der Waals surface area contributed by atoms with Crippen LogP contribution in [0.1, 0.15) is 18.0 Å². The number of halogens is 4. The monoisotopic (exact) mass is 310 g/mol. The van der Waals surface area contributed by atoms with Crippen molar-refractivity contribution in [1.29, 1.82) is 0 Å². The molecule has 0 saturated carbocycles. The molecule has 1 atom stereocenters. The van der Waals surface area contributed by atoms with Gasteiger partial charge in [-0.3, -0.25) is 4.90 Å². The Hall–Kier alpha value is -0.980. The van der Waals surface area contributed by atoms with Crippen LogP contribution in [0.2, 0.25) is 0 Å². The van der Waals surface area contributed by atoms with Crippen LogP contribution in [-0.4, -0.2) is 42.6 Å². The highest BCUT2D eigenvalue weighted by atomic mass is 35.5. The molecule has 0 spiro atoms. The lowest BCUT2D eigenvalue weighted by Gasteiger charge is -2.35. The Morgan fingerprint density at radius 3 is 2.50 bits per heavy atom. The average Bonchev–Trinajstić information content (AvgIpc) is 2.40. The number of alkyl halides is 2. The molecule has 0 amide bonds. The molecule has 1 aliphatic heterocycles. The normalized spacial score (nSPS) is 17.8. The highest BCUT2D eigenvalue weighted by Gasteiger charge is 2.27. The third-order valence-corrected chi connectivity index (χ3v) is 3.34. The molecule has 0 unspecified atom stereocenters. The van der Waals surface area contributed by atoms with Crippen molar-refractivity contribution in [3.8, 4) is 5.75 Å². The number of hydrogen-bond donors (Lipinski definition) is 2. The topological polar surface area (TPSA) is 35.5 Å². The predicted octanol–water partition coefficient (Wildman–Crippen LogP) is 2.55. The largest absolute Gasteiger partial charge is 0.508 e. The molecule has 1 heterocycles. The van der Waals surface area contributed by atoms with E-state index in [-0.39, 0.29) is 23.7 Å². The fourth-order valence-electron chi connectivity index (χ4n) is 2.43. The van der Waals surface area contributed by atoms with Crippen LogP contribution in [0.5, 0.6) is 5.75 Å². The summed E-state index contributed by atoms with van der Waals surface area (Å²) in [6, 6.07) is 2.82. The zero-order valence-corrected chi connectivity index (χ0v) is 11.7. The molecule has 2 N–H and O–H groups in total. The first kappa shape index (κ1) is 17.1. The van der Waals surface area contributed by atoms with Crippen LogP contribution < -0.4 is 5.32 Å². The van der Waals surface area contributed by atoms with E-state index in [0.29, 0.717) is 26.2 Å². The van der Waals surface area contributed by atoms with E-state index >= 15 is 0 Å². The zero-order chi connectivity index (χ0) is 13.8. The first-order valence-corrected chi connectivity index (χ1v) is 6.29. The van der Waals surface area contributed by atoms with Gasteiger partial charge in [0, 0.05) is 44.2 Å². The fourth-order valence-corrected chi connectivity index (χ4v) is 2.43. The second kappa shape index (κ2) is 7.71. The summed E-state index contributed by atoms with van der Waals surface area (Å²) in [4.78, 5) is 1.86. The van der Waals surface area contributed by atoms with E-state index in [0.717, 1.165) is 12.1 Å². The van der Waals surface area contributed by atoms with Crippen molar-refractivity contribution in [2.45, 2.75) is 18.9 Å². The van der Waals surface area contributed by atoms with Crippen LogP contribution in [0.4, 0.5) is 13.2 Å². The molecule has 7 heteroatoms. The van der Waals surface area contributed by atoms with Crippen LogP contribution in [0.25, 0.3) is 0 Å². The third kappa shape index (κ3) is 4.26. The summed E-state index contributed by atoms with van der Waals surface area (Å²) in [6.07, 6.45) is -2.90. The third-order valence-electron chi connectivity index (χ3n) is 3.34. The van der Waals surface area contributed by atoms with E-state index in [2.05, 4.69) is 5.32 Å². The van der Waals surface area contributed by atoms with Gasteiger partial charge >= 0.3 is 0 Å². The molecule has 3 nitrogen and oxygen atoms in total. The van der Waals surface area contributed by atoms with Crippen molar-refractivity contribution < 1.29 is 18.3 Å². The quantitative estimate of drug-likeness (QED) is 0.897. The summed E-state index contributed by atoms with van der Waals surface area (Å²) in [5.74, 6) is -0.659. The fraction of sp³-hybridized carbons (Fsp3) is 0.538. The van der Waals surface area contributed by atoms with Crippen LogP contribution >= 0.6 is 12.4 Å². The Kier molecular flexibility index (Phi) is 6.58. The van der Waals surface area contributed by atoms with Crippen molar-refractivity contribution in [3.63, 3.8) is 0 Å². The van der Waals surface area contributed by atoms with Crippen molar-refractivity contribution >= 4 is 12.4 Å². The Morgan fingerprint density at radius 1 is 1.25 bits per heavy atom. The van der Waals surface area contributed by atoms with E-state index in [1.54, 1.807) is 0 Å². The van der Waals surface area contributed by atoms with Gasteiger partial charge in [0.1, 0.15) is 11.6 Å². The van der Waals surface area contributed by atoms with Crippen LogP contribution in [0.3, 0.4) is 0 Å². The van der Waals surface area contributed by atoms with Gasteiger partial charge in [0.2, 0.25) is 6.43 Å². The Balaban J connectivity index is 0.00000200. The highest BCUT2D eigenvalue weighted by molar-refractivity contribution is 5.85. The summed E-state index contributed by atoms with van der Waals surface area (Å²) in [5, 5.41) is 12.9. The molecule has 0 radical (unpaired) electrons. The lowest BCUT2D eigenvalue weighted by atomic mass is 10.00. The highest BCUT2D eigenvalue weighted by Crippen LogP contribution is 2.33. The number of rotatable bonds is 4. The van der Waals surface area contributed by atoms with E-state index in [9.17, 15) is 18.3 Å². The molecule has 20 heavy (non-hydrogen) atoms. The van der Waals surface area contributed by atoms with Crippen molar-refractivity contribution in [3.05, 3.63) is 29.6 Å². The molecular weight excluding hydrogens is 293 g/mol. The molecule has 2 rings (SSSR count). The number of nitrogens with zero attached hydrogens (tertiary/aromatic N) is 1. The van der Waals surface area contributed by atoms with Gasteiger partial charge in [-0.25, -0.2) is 13.2 Å². The van der Waals surface area contributed by atoms with Gasteiger partial charge in [0.15, 0.2) is 0 Å². The Labute approximate surface area is 122 Å². The number of hydrogen-bond acceptors (Lipinski definition) is 3. The van der Waals surface area contributed by atoms with Gasteiger partial charge in [-0.1, -0.05) is 0 Å². The number of benzene rings is 1. The smallest absolute Gasteiger partial charge is 0.240 e. The Morgan fingerprint density at radius 2 is 1.90 bits per heavy atom. The number of aromatic hydroxyl groups is 1. The molecule has 0 aromatic heterocycles. The number of phenolic OH excluding ortho intramolecular Hbond substituents is 1. The zero-order valence-electron chi connectivity index (χ0n) is 10.9. The molecule has 1 fully saturated rings. The van der Waals surface area contributed by atoms with Gasteiger partial charge in [-0.2, -0.15) is 0 Å². The summed E-state index contributed by atoms with van der Waals surface area (Å²) in [6.45, 7) is 2.62. The molecule has 1 saturated heterocycles. The summed E-state index contributed by atoms with van der Waals surface area (Å²) >= 11 is 0. The molecule has 0 bridgehead atoms. The van der Waals surface area contributed by atoms with E-state index in [1.165, 1.54) is 6.07 Å². The minimum absolute atomic E-state index is 0. The maximum absolute atomic E-state index is 13.3. The van der Waals surface area contributed by atoms with Gasteiger partial charge < -0.3 is 10.4 Å².